The van der Waals surface area contributed by atoms with E-state index in [-0.39, 0.29) is 71.2 Å². The van der Waals surface area contributed by atoms with Gasteiger partial charge >= 0.3 is 16.1 Å². The van der Waals surface area contributed by atoms with Crippen LogP contribution in [0.3, 0.4) is 0 Å². The molecule has 3 amide bonds. The topological polar surface area (TPSA) is 235 Å². The molecule has 0 radical (unpaired) electrons. The minimum atomic E-state index is -5.28. The quantitative estimate of drug-likeness (QED) is 0.105. The Kier molecular flexibility index (Phi) is 10.4. The van der Waals surface area contributed by atoms with Crippen molar-refractivity contribution in [3.8, 4) is 22.5 Å². The Morgan fingerprint density at radius 1 is 0.980 bits per heavy atom. The third-order valence-electron chi connectivity index (χ3n) is 7.82. The van der Waals surface area contributed by atoms with E-state index in [0.29, 0.717) is 5.06 Å². The lowest BCUT2D eigenvalue weighted by molar-refractivity contribution is -0.498. The van der Waals surface area contributed by atoms with E-state index in [1.54, 1.807) is 32.0 Å². The molecule has 0 saturated heterocycles. The van der Waals surface area contributed by atoms with Gasteiger partial charge < -0.3 is 24.0 Å². The Morgan fingerprint density at radius 2 is 1.67 bits per heavy atom. The molecule has 16 nitrogen and oxygen atoms in total. The second kappa shape index (κ2) is 14.4. The molecule has 2 heterocycles. The molecule has 268 valence electrons. The molecule has 51 heavy (non-hydrogen) atoms. The molecule has 0 aromatic heterocycles. The van der Waals surface area contributed by atoms with Crippen molar-refractivity contribution in [1.29, 1.82) is 0 Å². The lowest BCUT2D eigenvalue weighted by atomic mass is 9.90. The fourth-order valence-corrected chi connectivity index (χ4v) is 7.29. The minimum Gasteiger partial charge on any atom is -0.744 e. The van der Waals surface area contributed by atoms with E-state index in [1.165, 1.54) is 42.3 Å². The van der Waals surface area contributed by atoms with E-state index < -0.39 is 65.1 Å². The van der Waals surface area contributed by atoms with Crippen molar-refractivity contribution in [3.63, 3.8) is 0 Å². The predicted molar refractivity (Wildman–Crippen MR) is 178 cm³/mol. The van der Waals surface area contributed by atoms with E-state index in [4.69, 9.17) is 9.25 Å². The highest BCUT2D eigenvalue weighted by Gasteiger charge is 2.33. The zero-order valence-electron chi connectivity index (χ0n) is 27.5. The number of rotatable bonds is 12. The SMILES string of the molecule is CCNc1ccc2c(-c3ccccc3C(=O)N(C)CCCC(=O)ON3C(=O)C=CC3=O)c3ccc(=[NH+]CC)c(S(=O)(=O)O)c-3oc2c1S(=O)(=O)[O-]. The summed E-state index contributed by atoms with van der Waals surface area (Å²) in [6.07, 6.45) is 1.74. The highest BCUT2D eigenvalue weighted by Crippen LogP contribution is 2.46. The standard InChI is InChI=1S/C33H32N4O12S2/c1-4-34-23-14-12-21-28(22-13-15-24(35-5-2)32(51(45,46)47)30(22)48-29(21)31(23)50(42,43)44)19-9-6-7-10-20(19)33(41)36(3)18-8-11-27(40)49-37-25(38)16-17-26(37)39/h6-7,9-10,12-17,34H,4-5,8,11,18H2,1-3H3,(H,42,43,44)(H,45,46,47). The molecule has 2 aromatic rings. The molecule has 5 rings (SSSR count). The number of carbonyl (C=O) groups is 4. The van der Waals surface area contributed by atoms with Crippen LogP contribution in [0.5, 0.6) is 0 Å². The number of anilines is 1. The number of carbonyl (C=O) groups excluding carboxylic acids is 4. The third kappa shape index (κ3) is 7.39. The fraction of sp³-hybridized carbons (Fsp3) is 0.242. The number of nitrogens with one attached hydrogen (secondary N) is 2. The highest BCUT2D eigenvalue weighted by molar-refractivity contribution is 7.86. The molecule has 1 aliphatic carbocycles. The average Bonchev–Trinajstić information content (AvgIpc) is 3.37. The summed E-state index contributed by atoms with van der Waals surface area (Å²) in [5.74, 6) is -3.51. The maximum absolute atomic E-state index is 14.0. The minimum absolute atomic E-state index is 0.0115. The number of hydroxylamine groups is 2. The third-order valence-corrected chi connectivity index (χ3v) is 9.65. The van der Waals surface area contributed by atoms with Gasteiger partial charge in [0.1, 0.15) is 21.6 Å². The van der Waals surface area contributed by atoms with Crippen molar-refractivity contribution < 1.29 is 59.4 Å². The summed E-state index contributed by atoms with van der Waals surface area (Å²) in [5, 5.41) is 3.11. The van der Waals surface area contributed by atoms with Crippen molar-refractivity contribution in [2.24, 2.45) is 0 Å². The van der Waals surface area contributed by atoms with Crippen LogP contribution < -0.4 is 15.7 Å². The van der Waals surface area contributed by atoms with E-state index >= 15 is 0 Å². The van der Waals surface area contributed by atoms with Gasteiger partial charge in [-0.05, 0) is 50.1 Å². The fourth-order valence-electron chi connectivity index (χ4n) is 5.70. The predicted octanol–water partition coefficient (Wildman–Crippen LogP) is 1.02. The van der Waals surface area contributed by atoms with Crippen molar-refractivity contribution >= 4 is 60.6 Å². The van der Waals surface area contributed by atoms with Gasteiger partial charge in [0.25, 0.3) is 17.7 Å². The van der Waals surface area contributed by atoms with Gasteiger partial charge in [-0.25, -0.2) is 18.2 Å². The highest BCUT2D eigenvalue weighted by atomic mass is 32.2. The summed E-state index contributed by atoms with van der Waals surface area (Å²) in [5.41, 5.74) is -0.162. The summed E-state index contributed by atoms with van der Waals surface area (Å²) < 4.78 is 80.3. The van der Waals surface area contributed by atoms with Crippen LogP contribution in [0, 0.1) is 0 Å². The van der Waals surface area contributed by atoms with Crippen LogP contribution in [0.4, 0.5) is 5.69 Å². The van der Waals surface area contributed by atoms with E-state index in [0.717, 1.165) is 12.2 Å². The average molecular weight is 741 g/mol. The van der Waals surface area contributed by atoms with Crippen LogP contribution in [0.25, 0.3) is 33.4 Å². The Hall–Kier alpha value is -5.43. The molecule has 0 bridgehead atoms. The number of hydrogen-bond acceptors (Lipinski definition) is 12. The van der Waals surface area contributed by atoms with Crippen molar-refractivity contribution in [2.75, 3.05) is 32.0 Å². The van der Waals surface area contributed by atoms with Crippen LogP contribution in [0.2, 0.25) is 0 Å². The molecule has 3 N–H and O–H groups in total. The van der Waals surface area contributed by atoms with Gasteiger partial charge in [0.05, 0.1) is 5.69 Å². The normalized spacial score (nSPS) is 13.7. The largest absolute Gasteiger partial charge is 0.744 e. The summed E-state index contributed by atoms with van der Waals surface area (Å²) in [6, 6.07) is 11.9. The first kappa shape index (κ1) is 36.8. The number of nitrogens with zero attached hydrogens (tertiary/aromatic N) is 2. The van der Waals surface area contributed by atoms with Crippen LogP contribution in [0.1, 0.15) is 37.0 Å². The number of fused-ring (bicyclic) bond motifs is 2. The first-order chi connectivity index (χ1) is 24.1. The van der Waals surface area contributed by atoms with Gasteiger partial charge in [-0.3, -0.25) is 18.9 Å². The van der Waals surface area contributed by atoms with Crippen LogP contribution in [-0.4, -0.2) is 86.3 Å². The summed E-state index contributed by atoms with van der Waals surface area (Å²) >= 11 is 0. The zero-order valence-corrected chi connectivity index (χ0v) is 29.1. The lowest BCUT2D eigenvalue weighted by Gasteiger charge is -2.23. The first-order valence-electron chi connectivity index (χ1n) is 15.5. The maximum Gasteiger partial charge on any atom is 0.333 e. The Morgan fingerprint density at radius 3 is 2.29 bits per heavy atom. The summed E-state index contributed by atoms with van der Waals surface area (Å²) in [7, 11) is -8.87. The lowest BCUT2D eigenvalue weighted by Crippen LogP contribution is -2.76. The van der Waals surface area contributed by atoms with Gasteiger partial charge in [0, 0.05) is 66.9 Å². The second-order valence-corrected chi connectivity index (χ2v) is 13.9. The van der Waals surface area contributed by atoms with Crippen molar-refractivity contribution in [3.05, 3.63) is 71.6 Å². The Labute approximate surface area is 291 Å². The number of hydrogen-bond donors (Lipinski definition) is 3. The molecule has 0 saturated carbocycles. The van der Waals surface area contributed by atoms with Gasteiger partial charge in [-0.2, -0.15) is 8.42 Å². The maximum atomic E-state index is 14.0. The molecule has 2 aliphatic heterocycles. The van der Waals surface area contributed by atoms with E-state index in [2.05, 4.69) is 10.3 Å². The molecule has 0 atom stereocenters. The molecule has 3 aliphatic rings. The number of benzene rings is 3. The van der Waals surface area contributed by atoms with Crippen molar-refractivity contribution in [2.45, 2.75) is 36.5 Å². The van der Waals surface area contributed by atoms with Crippen LogP contribution in [0.15, 0.2) is 74.9 Å². The molecular formula is C33H32N4O12S2. The number of imide groups is 1. The van der Waals surface area contributed by atoms with E-state index in [9.17, 15) is 45.1 Å². The van der Waals surface area contributed by atoms with Gasteiger partial charge in [-0.1, -0.05) is 23.3 Å². The second-order valence-electron chi connectivity index (χ2n) is 11.2. The Bertz CT molecular complexity index is 2370. The van der Waals surface area contributed by atoms with E-state index in [1.807, 2.05) is 0 Å². The smallest absolute Gasteiger partial charge is 0.333 e. The number of amides is 3. The van der Waals surface area contributed by atoms with Gasteiger partial charge in [0.15, 0.2) is 11.3 Å². The molecule has 2 aromatic carbocycles. The Balaban J connectivity index is 1.66. The van der Waals surface area contributed by atoms with Crippen LogP contribution >= 0.6 is 0 Å². The van der Waals surface area contributed by atoms with Gasteiger partial charge in [-0.15, -0.1) is 0 Å². The zero-order chi connectivity index (χ0) is 37.2. The van der Waals surface area contributed by atoms with Crippen molar-refractivity contribution in [1.82, 2.24) is 9.96 Å². The van der Waals surface area contributed by atoms with Gasteiger partial charge in [0.2, 0.25) is 10.3 Å². The molecule has 0 spiro atoms. The summed E-state index contributed by atoms with van der Waals surface area (Å²) in [6.45, 7) is 3.80. The summed E-state index contributed by atoms with van der Waals surface area (Å²) in [4.78, 5) is 57.0. The first-order valence-corrected chi connectivity index (χ1v) is 18.4. The molecule has 0 fully saturated rings. The molecular weight excluding hydrogens is 709 g/mol. The molecule has 18 heteroatoms. The monoisotopic (exact) mass is 740 g/mol. The van der Waals surface area contributed by atoms with Crippen LogP contribution in [-0.2, 0) is 39.5 Å². The molecule has 0 unspecified atom stereocenters.